The number of nitrogens with one attached hydrogen (secondary N) is 1. The summed E-state index contributed by atoms with van der Waals surface area (Å²) in [5, 5.41) is 3.53. The third kappa shape index (κ3) is 4.56. The van der Waals surface area contributed by atoms with Crippen LogP contribution < -0.4 is 5.32 Å². The maximum atomic E-state index is 12.2. The van der Waals surface area contributed by atoms with E-state index in [1.165, 1.54) is 22.3 Å². The smallest absolute Gasteiger partial charge is 0.246 e. The highest BCUT2D eigenvalue weighted by Gasteiger charge is 2.12. The molecule has 0 spiro atoms. The van der Waals surface area contributed by atoms with E-state index in [0.29, 0.717) is 5.69 Å². The number of fused-ring (bicyclic) bond motifs is 1. The SMILES string of the molecule is CN(CC(=O)Nc1ccccc1Br)C(=O)/C=C/c1nc2ccccc2s1. The van der Waals surface area contributed by atoms with Crippen molar-refractivity contribution in [3.63, 3.8) is 0 Å². The molecule has 0 aliphatic carbocycles. The minimum atomic E-state index is -0.263. The Morgan fingerprint density at radius 3 is 2.69 bits per heavy atom. The van der Waals surface area contributed by atoms with E-state index < -0.39 is 0 Å². The molecule has 132 valence electrons. The largest absolute Gasteiger partial charge is 0.333 e. The quantitative estimate of drug-likeness (QED) is 0.619. The number of carbonyl (C=O) groups is 2. The van der Waals surface area contributed by atoms with E-state index in [1.807, 2.05) is 42.5 Å². The Bertz CT molecular complexity index is 951. The molecule has 0 fully saturated rings. The molecule has 1 heterocycles. The minimum Gasteiger partial charge on any atom is -0.333 e. The summed E-state index contributed by atoms with van der Waals surface area (Å²) in [7, 11) is 1.59. The Morgan fingerprint density at radius 2 is 1.92 bits per heavy atom. The van der Waals surface area contributed by atoms with Crippen molar-refractivity contribution in [1.82, 2.24) is 9.88 Å². The van der Waals surface area contributed by atoms with Crippen LogP contribution in [0.15, 0.2) is 59.1 Å². The summed E-state index contributed by atoms with van der Waals surface area (Å²) in [6.07, 6.45) is 3.11. The van der Waals surface area contributed by atoms with Crippen molar-refractivity contribution < 1.29 is 9.59 Å². The van der Waals surface area contributed by atoms with Gasteiger partial charge in [0.25, 0.3) is 0 Å². The van der Waals surface area contributed by atoms with Crippen molar-refractivity contribution in [2.24, 2.45) is 0 Å². The molecule has 2 amide bonds. The number of nitrogens with zero attached hydrogens (tertiary/aromatic N) is 2. The van der Waals surface area contributed by atoms with Gasteiger partial charge in [-0.15, -0.1) is 11.3 Å². The Labute approximate surface area is 163 Å². The molecule has 1 aromatic heterocycles. The van der Waals surface area contributed by atoms with Gasteiger partial charge in [0.2, 0.25) is 11.8 Å². The van der Waals surface area contributed by atoms with Gasteiger partial charge in [0, 0.05) is 17.6 Å². The molecule has 0 radical (unpaired) electrons. The number of anilines is 1. The summed E-state index contributed by atoms with van der Waals surface area (Å²) < 4.78 is 1.86. The Balaban J connectivity index is 1.58. The highest BCUT2D eigenvalue weighted by molar-refractivity contribution is 9.10. The predicted molar refractivity (Wildman–Crippen MR) is 109 cm³/mol. The van der Waals surface area contributed by atoms with E-state index in [2.05, 4.69) is 26.2 Å². The lowest BCUT2D eigenvalue weighted by Gasteiger charge is -2.15. The molecular formula is C19H16BrN3O2S. The maximum Gasteiger partial charge on any atom is 0.246 e. The molecule has 0 atom stereocenters. The van der Waals surface area contributed by atoms with Crippen LogP contribution in [0.25, 0.3) is 16.3 Å². The molecule has 1 N–H and O–H groups in total. The van der Waals surface area contributed by atoms with Gasteiger partial charge in [0.15, 0.2) is 0 Å². The first-order valence-electron chi connectivity index (χ1n) is 7.86. The van der Waals surface area contributed by atoms with E-state index >= 15 is 0 Å². The van der Waals surface area contributed by atoms with Gasteiger partial charge in [-0.3, -0.25) is 9.59 Å². The fourth-order valence-corrected chi connectivity index (χ4v) is 3.53. The van der Waals surface area contributed by atoms with Crippen molar-refractivity contribution >= 4 is 61.1 Å². The molecule has 3 rings (SSSR count). The Kier molecular flexibility index (Phi) is 5.80. The van der Waals surface area contributed by atoms with Crippen LogP contribution in [-0.2, 0) is 9.59 Å². The average Bonchev–Trinajstić information content (AvgIpc) is 3.04. The number of halogens is 1. The summed E-state index contributed by atoms with van der Waals surface area (Å²) >= 11 is 4.89. The summed E-state index contributed by atoms with van der Waals surface area (Å²) in [6, 6.07) is 15.1. The van der Waals surface area contributed by atoms with Crippen molar-refractivity contribution in [2.75, 3.05) is 18.9 Å². The Hall–Kier alpha value is -2.51. The van der Waals surface area contributed by atoms with Crippen molar-refractivity contribution in [2.45, 2.75) is 0 Å². The normalized spacial score (nSPS) is 11.0. The highest BCUT2D eigenvalue weighted by Crippen LogP contribution is 2.22. The highest BCUT2D eigenvalue weighted by atomic mass is 79.9. The topological polar surface area (TPSA) is 62.3 Å². The van der Waals surface area contributed by atoms with Crippen LogP contribution in [0.5, 0.6) is 0 Å². The standard InChI is InChI=1S/C19H16BrN3O2S/c1-23(12-17(24)21-14-7-3-2-6-13(14)20)19(25)11-10-18-22-15-8-4-5-9-16(15)26-18/h2-11H,12H2,1H3,(H,21,24)/b11-10+. The number of carbonyl (C=O) groups excluding carboxylic acids is 2. The second-order valence-corrected chi connectivity index (χ2v) is 7.49. The van der Waals surface area contributed by atoms with Gasteiger partial charge in [0.1, 0.15) is 5.01 Å². The third-order valence-corrected chi connectivity index (χ3v) is 5.28. The zero-order chi connectivity index (χ0) is 18.5. The maximum absolute atomic E-state index is 12.2. The number of para-hydroxylation sites is 2. The van der Waals surface area contributed by atoms with Crippen LogP contribution in [-0.4, -0.2) is 35.3 Å². The first kappa shape index (κ1) is 18.3. The van der Waals surface area contributed by atoms with Crippen molar-refractivity contribution in [3.8, 4) is 0 Å². The zero-order valence-electron chi connectivity index (χ0n) is 14.0. The van der Waals surface area contributed by atoms with Crippen LogP contribution in [0.2, 0.25) is 0 Å². The van der Waals surface area contributed by atoms with Gasteiger partial charge < -0.3 is 10.2 Å². The minimum absolute atomic E-state index is 0.0373. The molecule has 3 aromatic rings. The van der Waals surface area contributed by atoms with E-state index in [0.717, 1.165) is 19.7 Å². The monoisotopic (exact) mass is 429 g/mol. The molecule has 2 aromatic carbocycles. The summed E-state index contributed by atoms with van der Waals surface area (Å²) in [5.74, 6) is -0.521. The first-order valence-corrected chi connectivity index (χ1v) is 9.47. The van der Waals surface area contributed by atoms with Crippen LogP contribution in [0.3, 0.4) is 0 Å². The predicted octanol–water partition coefficient (Wildman–Crippen LogP) is 4.17. The van der Waals surface area contributed by atoms with Crippen LogP contribution in [0, 0.1) is 0 Å². The summed E-state index contributed by atoms with van der Waals surface area (Å²) in [4.78, 5) is 30.1. The number of likely N-dealkylation sites (N-methyl/N-ethyl adjacent to an activating group) is 1. The molecule has 7 heteroatoms. The number of rotatable bonds is 5. The third-order valence-electron chi connectivity index (χ3n) is 3.58. The Morgan fingerprint density at radius 1 is 1.19 bits per heavy atom. The lowest BCUT2D eigenvalue weighted by Crippen LogP contribution is -2.33. The lowest BCUT2D eigenvalue weighted by molar-refractivity contribution is -0.129. The average molecular weight is 430 g/mol. The van der Waals surface area contributed by atoms with Gasteiger partial charge in [-0.25, -0.2) is 4.98 Å². The molecule has 5 nitrogen and oxygen atoms in total. The number of thiazole rings is 1. The van der Waals surface area contributed by atoms with Gasteiger partial charge >= 0.3 is 0 Å². The molecule has 26 heavy (non-hydrogen) atoms. The van der Waals surface area contributed by atoms with Crippen molar-refractivity contribution in [1.29, 1.82) is 0 Å². The van der Waals surface area contributed by atoms with E-state index in [1.54, 1.807) is 19.2 Å². The van der Waals surface area contributed by atoms with Gasteiger partial charge in [-0.2, -0.15) is 0 Å². The molecular weight excluding hydrogens is 414 g/mol. The fourth-order valence-electron chi connectivity index (χ4n) is 2.28. The molecule has 0 unspecified atom stereocenters. The second-order valence-electron chi connectivity index (χ2n) is 5.58. The first-order chi connectivity index (χ1) is 12.5. The summed E-state index contributed by atoms with van der Waals surface area (Å²) in [5.41, 5.74) is 1.58. The number of aromatic nitrogens is 1. The van der Waals surface area contributed by atoms with Crippen LogP contribution in [0.4, 0.5) is 5.69 Å². The van der Waals surface area contributed by atoms with Gasteiger partial charge in [-0.1, -0.05) is 24.3 Å². The number of amides is 2. The van der Waals surface area contributed by atoms with Crippen molar-refractivity contribution in [3.05, 3.63) is 64.1 Å². The van der Waals surface area contributed by atoms with E-state index in [9.17, 15) is 9.59 Å². The van der Waals surface area contributed by atoms with Crippen LogP contribution >= 0.6 is 27.3 Å². The molecule has 0 saturated carbocycles. The van der Waals surface area contributed by atoms with Gasteiger partial charge in [0.05, 0.1) is 22.4 Å². The molecule has 0 saturated heterocycles. The number of hydrogen-bond acceptors (Lipinski definition) is 4. The van der Waals surface area contributed by atoms with E-state index in [-0.39, 0.29) is 18.4 Å². The number of benzene rings is 2. The zero-order valence-corrected chi connectivity index (χ0v) is 16.4. The molecule has 0 bridgehead atoms. The van der Waals surface area contributed by atoms with Crippen LogP contribution in [0.1, 0.15) is 5.01 Å². The van der Waals surface area contributed by atoms with Gasteiger partial charge in [-0.05, 0) is 46.3 Å². The fraction of sp³-hybridized carbons (Fsp3) is 0.105. The number of hydrogen-bond donors (Lipinski definition) is 1. The second kappa shape index (κ2) is 8.25. The van der Waals surface area contributed by atoms with E-state index in [4.69, 9.17) is 0 Å². The summed E-state index contributed by atoms with van der Waals surface area (Å²) in [6.45, 7) is -0.0373. The molecule has 0 aliphatic heterocycles. The lowest BCUT2D eigenvalue weighted by atomic mass is 10.3. The molecule has 0 aliphatic rings.